The third-order valence-corrected chi connectivity index (χ3v) is 5.40. The van der Waals surface area contributed by atoms with Crippen LogP contribution < -0.4 is 0 Å². The Hall–Kier alpha value is -0.750. The van der Waals surface area contributed by atoms with Crippen molar-refractivity contribution >= 4 is 58.3 Å². The summed E-state index contributed by atoms with van der Waals surface area (Å²) in [5.74, 6) is -0.312. The van der Waals surface area contributed by atoms with Gasteiger partial charge in [0.25, 0.3) is 5.91 Å². The molecule has 0 radical (unpaired) electrons. The van der Waals surface area contributed by atoms with Crippen LogP contribution in [0.25, 0.3) is 0 Å². The van der Waals surface area contributed by atoms with Crippen LogP contribution in [0, 0.1) is 11.8 Å². The smallest absolute Gasteiger partial charge is 0.359 e. The van der Waals surface area contributed by atoms with Crippen molar-refractivity contribution in [3.8, 4) is 0 Å². The quantitative estimate of drug-likeness (QED) is 0.545. The van der Waals surface area contributed by atoms with Crippen LogP contribution in [0.15, 0.2) is 0 Å². The Morgan fingerprint density at radius 3 is 2.25 bits per heavy atom. The van der Waals surface area contributed by atoms with Crippen LogP contribution in [0.3, 0.4) is 0 Å². The molecule has 0 aliphatic carbocycles. The molecule has 1 fully saturated rings. The molecular formula is C15H16Cl4N2O3. The van der Waals surface area contributed by atoms with E-state index < -0.39 is 12.6 Å². The Bertz CT molecular complexity index is 659. The first kappa shape index (κ1) is 19.6. The van der Waals surface area contributed by atoms with Crippen LogP contribution in [0.2, 0.25) is 20.2 Å². The monoisotopic (exact) mass is 412 g/mol. The zero-order valence-electron chi connectivity index (χ0n) is 13.1. The number of hydrogen-bond donors (Lipinski definition) is 0. The van der Waals surface area contributed by atoms with Crippen LogP contribution >= 0.6 is 46.4 Å². The molecule has 0 bridgehead atoms. The number of halogens is 4. The number of amides is 1. The molecule has 9 heteroatoms. The lowest BCUT2D eigenvalue weighted by Crippen LogP contribution is -2.44. The average Bonchev–Trinajstić information content (AvgIpc) is 2.52. The summed E-state index contributed by atoms with van der Waals surface area (Å²) in [6.45, 7) is 5.08. The van der Waals surface area contributed by atoms with Crippen LogP contribution in [0.5, 0.6) is 0 Å². The molecule has 0 saturated carbocycles. The van der Waals surface area contributed by atoms with Gasteiger partial charge in [-0.15, -0.1) is 0 Å². The molecule has 1 aromatic rings. The molecule has 1 amide bonds. The summed E-state index contributed by atoms with van der Waals surface area (Å²) < 4.78 is 5.01. The fraction of sp³-hybridized carbons (Fsp3) is 0.533. The van der Waals surface area contributed by atoms with Crippen molar-refractivity contribution in [1.29, 1.82) is 0 Å². The molecular weight excluding hydrogens is 398 g/mol. The van der Waals surface area contributed by atoms with Gasteiger partial charge >= 0.3 is 5.97 Å². The number of hydrogen-bond acceptors (Lipinski definition) is 4. The number of pyridine rings is 1. The average molecular weight is 414 g/mol. The highest BCUT2D eigenvalue weighted by Gasteiger charge is 2.27. The van der Waals surface area contributed by atoms with Crippen LogP contribution in [-0.4, -0.2) is 41.5 Å². The van der Waals surface area contributed by atoms with E-state index in [2.05, 4.69) is 18.8 Å². The van der Waals surface area contributed by atoms with E-state index in [1.54, 1.807) is 4.90 Å². The topological polar surface area (TPSA) is 59.5 Å². The Morgan fingerprint density at radius 2 is 1.67 bits per heavy atom. The van der Waals surface area contributed by atoms with E-state index in [1.807, 2.05) is 0 Å². The molecule has 132 valence electrons. The van der Waals surface area contributed by atoms with E-state index in [0.29, 0.717) is 24.9 Å². The maximum Gasteiger partial charge on any atom is 0.359 e. The van der Waals surface area contributed by atoms with Gasteiger partial charge in [-0.3, -0.25) is 4.79 Å². The van der Waals surface area contributed by atoms with Gasteiger partial charge in [-0.05, 0) is 18.3 Å². The van der Waals surface area contributed by atoms with E-state index in [1.165, 1.54) is 0 Å². The van der Waals surface area contributed by atoms with E-state index in [9.17, 15) is 9.59 Å². The molecule has 2 atom stereocenters. The number of nitrogens with zero attached hydrogens (tertiary/aromatic N) is 2. The summed E-state index contributed by atoms with van der Waals surface area (Å²) in [4.78, 5) is 29.8. The molecule has 1 aromatic heterocycles. The third-order valence-electron chi connectivity index (χ3n) is 3.73. The predicted molar refractivity (Wildman–Crippen MR) is 94.1 cm³/mol. The van der Waals surface area contributed by atoms with Gasteiger partial charge in [0.1, 0.15) is 5.15 Å². The number of piperidine rings is 1. The largest absolute Gasteiger partial charge is 0.451 e. The number of likely N-dealkylation sites (tertiary alicyclic amines) is 1. The summed E-state index contributed by atoms with van der Waals surface area (Å²) in [5, 5.41) is -0.464. The summed E-state index contributed by atoms with van der Waals surface area (Å²) in [5.41, 5.74) is -0.274. The first-order valence-electron chi connectivity index (χ1n) is 7.35. The fourth-order valence-corrected chi connectivity index (χ4v) is 3.58. The Morgan fingerprint density at radius 1 is 1.08 bits per heavy atom. The molecule has 5 nitrogen and oxygen atoms in total. The number of carbonyl (C=O) groups excluding carboxylic acids is 2. The Balaban J connectivity index is 2.02. The predicted octanol–water partition coefficient (Wildman–Crippen LogP) is 4.36. The van der Waals surface area contributed by atoms with Crippen molar-refractivity contribution in [2.24, 2.45) is 11.8 Å². The molecule has 2 heterocycles. The van der Waals surface area contributed by atoms with Gasteiger partial charge < -0.3 is 9.64 Å². The van der Waals surface area contributed by atoms with Crippen molar-refractivity contribution in [2.75, 3.05) is 19.7 Å². The van der Waals surface area contributed by atoms with Gasteiger partial charge in [0, 0.05) is 13.1 Å². The van der Waals surface area contributed by atoms with Crippen molar-refractivity contribution in [3.63, 3.8) is 0 Å². The second-order valence-corrected chi connectivity index (χ2v) is 7.51. The van der Waals surface area contributed by atoms with Crippen LogP contribution in [0.4, 0.5) is 0 Å². The fourth-order valence-electron chi connectivity index (χ4n) is 2.78. The zero-order chi connectivity index (χ0) is 18.0. The number of ether oxygens (including phenoxy) is 1. The first-order chi connectivity index (χ1) is 11.2. The van der Waals surface area contributed by atoms with E-state index in [4.69, 9.17) is 51.1 Å². The molecule has 1 aliphatic heterocycles. The summed E-state index contributed by atoms with van der Waals surface area (Å²) >= 11 is 23.4. The SMILES string of the molecule is C[C@H]1C[C@H](C)CN(C(=O)COC(=O)c2nc(Cl)c(Cl)c(Cl)c2Cl)C1. The zero-order valence-corrected chi connectivity index (χ0v) is 16.1. The number of carbonyl (C=O) groups is 2. The highest BCUT2D eigenvalue weighted by Crippen LogP contribution is 2.36. The lowest BCUT2D eigenvalue weighted by molar-refractivity contribution is -0.137. The van der Waals surface area contributed by atoms with Crippen molar-refractivity contribution in [2.45, 2.75) is 20.3 Å². The Labute approximate surface area is 160 Å². The van der Waals surface area contributed by atoms with Crippen molar-refractivity contribution < 1.29 is 14.3 Å². The van der Waals surface area contributed by atoms with E-state index in [-0.39, 0.29) is 31.8 Å². The normalized spacial score (nSPS) is 20.8. The van der Waals surface area contributed by atoms with Crippen LogP contribution in [-0.2, 0) is 9.53 Å². The lowest BCUT2D eigenvalue weighted by atomic mass is 9.92. The molecule has 24 heavy (non-hydrogen) atoms. The van der Waals surface area contributed by atoms with Gasteiger partial charge in [-0.25, -0.2) is 9.78 Å². The Kier molecular flexibility index (Phi) is 6.59. The lowest BCUT2D eigenvalue weighted by Gasteiger charge is -2.34. The number of esters is 1. The minimum absolute atomic E-state index is 0.0488. The van der Waals surface area contributed by atoms with Gasteiger partial charge in [-0.1, -0.05) is 60.3 Å². The highest BCUT2D eigenvalue weighted by molar-refractivity contribution is 6.52. The minimum atomic E-state index is -0.882. The van der Waals surface area contributed by atoms with E-state index in [0.717, 1.165) is 6.42 Å². The molecule has 2 rings (SSSR count). The molecule has 0 spiro atoms. The second kappa shape index (κ2) is 8.09. The van der Waals surface area contributed by atoms with Crippen molar-refractivity contribution in [1.82, 2.24) is 9.88 Å². The first-order valence-corrected chi connectivity index (χ1v) is 8.86. The van der Waals surface area contributed by atoms with Gasteiger partial charge in [0.15, 0.2) is 12.3 Å². The molecule has 1 aliphatic rings. The number of aromatic nitrogens is 1. The highest BCUT2D eigenvalue weighted by atomic mass is 35.5. The second-order valence-electron chi connectivity index (χ2n) is 6.01. The van der Waals surface area contributed by atoms with Crippen molar-refractivity contribution in [3.05, 3.63) is 25.9 Å². The summed E-state index contributed by atoms with van der Waals surface area (Å²) in [6.07, 6.45) is 1.07. The molecule has 0 aromatic carbocycles. The molecule has 0 N–H and O–H groups in total. The molecule has 1 saturated heterocycles. The van der Waals surface area contributed by atoms with Crippen LogP contribution in [0.1, 0.15) is 30.8 Å². The minimum Gasteiger partial charge on any atom is -0.451 e. The third kappa shape index (κ3) is 4.45. The standard InChI is InChI=1S/C15H16Cl4N2O3/c1-7-3-8(2)5-21(4-7)9(22)6-24-15(23)13-11(17)10(16)12(18)14(19)20-13/h7-8H,3-6H2,1-2H3/t7-,8-/m0/s1. The van der Waals surface area contributed by atoms with Gasteiger partial charge in [-0.2, -0.15) is 0 Å². The summed E-state index contributed by atoms with van der Waals surface area (Å²) in [7, 11) is 0. The van der Waals surface area contributed by atoms with E-state index >= 15 is 0 Å². The maximum absolute atomic E-state index is 12.2. The molecule has 0 unspecified atom stereocenters. The van der Waals surface area contributed by atoms with Gasteiger partial charge in [0.2, 0.25) is 0 Å². The summed E-state index contributed by atoms with van der Waals surface area (Å²) in [6, 6.07) is 0. The van der Waals surface area contributed by atoms with Gasteiger partial charge in [0.05, 0.1) is 15.1 Å². The maximum atomic E-state index is 12.2. The number of rotatable bonds is 3.